The van der Waals surface area contributed by atoms with Gasteiger partial charge in [-0.3, -0.25) is 4.98 Å². The maximum Gasteiger partial charge on any atom is 0.139 e. The summed E-state index contributed by atoms with van der Waals surface area (Å²) in [4.78, 5) is 3.97. The first kappa shape index (κ1) is 15.3. The van der Waals surface area contributed by atoms with Crippen molar-refractivity contribution in [2.45, 2.75) is 13.0 Å². The number of hydrogen-bond acceptors (Lipinski definition) is 2. The molecule has 0 bridgehead atoms. The summed E-state index contributed by atoms with van der Waals surface area (Å²) in [6.45, 7) is -0.210. The van der Waals surface area contributed by atoms with Gasteiger partial charge in [0.1, 0.15) is 24.0 Å². The van der Waals surface area contributed by atoms with Crippen LogP contribution >= 0.6 is 11.6 Å². The number of ether oxygens (including phenoxy) is 1. The molecule has 1 aromatic carbocycles. The molecule has 108 valence electrons. The van der Waals surface area contributed by atoms with Gasteiger partial charge in [-0.2, -0.15) is 0 Å². The molecule has 1 aromatic heterocycles. The normalized spacial score (nSPS) is 9.86. The van der Waals surface area contributed by atoms with Gasteiger partial charge in [-0.15, -0.1) is 11.6 Å². The summed E-state index contributed by atoms with van der Waals surface area (Å²) < 4.78 is 32.3. The molecule has 0 spiro atoms. The summed E-state index contributed by atoms with van der Waals surface area (Å²) in [7, 11) is 0. The molecular weight excluding hydrogens is 296 g/mol. The smallest absolute Gasteiger partial charge is 0.139 e. The molecule has 0 unspecified atom stereocenters. The molecule has 0 N–H and O–H groups in total. The summed E-state index contributed by atoms with van der Waals surface area (Å²) in [5.41, 5.74) is 0.544. The Morgan fingerprint density at radius 1 is 1.19 bits per heavy atom. The van der Waals surface area contributed by atoms with Crippen LogP contribution in [0.4, 0.5) is 8.78 Å². The van der Waals surface area contributed by atoms with Crippen molar-refractivity contribution in [3.8, 4) is 17.6 Å². The average Bonchev–Trinajstić information content (AvgIpc) is 2.47. The lowest BCUT2D eigenvalue weighted by Crippen LogP contribution is -2.02. The monoisotopic (exact) mass is 307 g/mol. The molecule has 0 aliphatic heterocycles. The molecule has 0 radical (unpaired) electrons. The van der Waals surface area contributed by atoms with Crippen molar-refractivity contribution in [3.63, 3.8) is 0 Å². The van der Waals surface area contributed by atoms with Crippen molar-refractivity contribution < 1.29 is 13.5 Å². The number of halogens is 3. The molecule has 2 rings (SSSR count). The molecule has 0 amide bonds. The third-order valence-corrected chi connectivity index (χ3v) is 2.80. The van der Waals surface area contributed by atoms with Crippen molar-refractivity contribution >= 4 is 11.6 Å². The van der Waals surface area contributed by atoms with E-state index in [0.29, 0.717) is 23.6 Å². The zero-order valence-corrected chi connectivity index (χ0v) is 11.8. The molecule has 0 atom stereocenters. The minimum Gasteiger partial charge on any atom is -0.487 e. The fourth-order valence-electron chi connectivity index (χ4n) is 1.60. The van der Waals surface area contributed by atoms with Gasteiger partial charge < -0.3 is 4.74 Å². The highest BCUT2D eigenvalue weighted by Crippen LogP contribution is 2.17. The van der Waals surface area contributed by atoms with E-state index in [4.69, 9.17) is 16.3 Å². The molecule has 0 aliphatic carbocycles. The van der Waals surface area contributed by atoms with Gasteiger partial charge in [0.15, 0.2) is 0 Å². The second-order valence-corrected chi connectivity index (χ2v) is 4.52. The number of hydrogen-bond donors (Lipinski definition) is 0. The fourth-order valence-corrected chi connectivity index (χ4v) is 1.70. The Labute approximate surface area is 126 Å². The van der Waals surface area contributed by atoms with Crippen LogP contribution in [0.15, 0.2) is 36.7 Å². The Bertz CT molecular complexity index is 659. The number of alkyl halides is 1. The largest absolute Gasteiger partial charge is 0.487 e. The van der Waals surface area contributed by atoms with Crippen LogP contribution < -0.4 is 4.74 Å². The van der Waals surface area contributed by atoms with Crippen molar-refractivity contribution in [1.82, 2.24) is 4.98 Å². The third kappa shape index (κ3) is 4.44. The van der Waals surface area contributed by atoms with Crippen LogP contribution in [0.3, 0.4) is 0 Å². The summed E-state index contributed by atoms with van der Waals surface area (Å²) in [6, 6.07) is 5.35. The van der Waals surface area contributed by atoms with Gasteiger partial charge in [0.05, 0.1) is 11.8 Å². The minimum absolute atomic E-state index is 0.115. The van der Waals surface area contributed by atoms with Crippen molar-refractivity contribution in [1.29, 1.82) is 0 Å². The summed E-state index contributed by atoms with van der Waals surface area (Å²) in [5, 5.41) is 0. The lowest BCUT2D eigenvalue weighted by atomic mass is 10.2. The number of benzene rings is 1. The van der Waals surface area contributed by atoms with E-state index in [9.17, 15) is 8.78 Å². The first-order valence-corrected chi connectivity index (χ1v) is 6.79. The Kier molecular flexibility index (Phi) is 5.53. The highest BCUT2D eigenvalue weighted by molar-refractivity contribution is 6.18. The van der Waals surface area contributed by atoms with E-state index in [1.807, 2.05) is 0 Å². The molecule has 0 fully saturated rings. The second kappa shape index (κ2) is 7.61. The molecule has 0 saturated carbocycles. The zero-order valence-electron chi connectivity index (χ0n) is 11.1. The second-order valence-electron chi connectivity index (χ2n) is 4.14. The molecular formula is C16H12ClF2NO. The van der Waals surface area contributed by atoms with Crippen LogP contribution in [0.2, 0.25) is 0 Å². The SMILES string of the molecule is Fc1cccc(F)c1COc1cncc(C#CCCCl)c1. The fraction of sp³-hybridized carbons (Fsp3) is 0.188. The quantitative estimate of drug-likeness (QED) is 0.631. The molecule has 21 heavy (non-hydrogen) atoms. The molecule has 0 aliphatic rings. The van der Waals surface area contributed by atoms with Crippen molar-refractivity contribution in [2.24, 2.45) is 0 Å². The standard InChI is InChI=1S/C16H12ClF2NO/c17-7-2-1-4-12-8-13(10-20-9-12)21-11-14-15(18)5-3-6-16(14)19/h3,5-6,8-10H,2,7,11H2. The first-order valence-electron chi connectivity index (χ1n) is 6.26. The molecule has 0 saturated heterocycles. The highest BCUT2D eigenvalue weighted by Gasteiger charge is 2.09. The molecule has 2 aromatic rings. The van der Waals surface area contributed by atoms with E-state index in [0.717, 1.165) is 0 Å². The van der Waals surface area contributed by atoms with Crippen LogP contribution in [-0.2, 0) is 6.61 Å². The van der Waals surface area contributed by atoms with Gasteiger partial charge in [-0.05, 0) is 18.2 Å². The van der Waals surface area contributed by atoms with Crippen LogP contribution in [0.5, 0.6) is 5.75 Å². The Balaban J connectivity index is 2.07. The predicted octanol–water partition coefficient (Wildman–Crippen LogP) is 3.92. The third-order valence-electron chi connectivity index (χ3n) is 2.61. The Hall–Kier alpha value is -2.12. The van der Waals surface area contributed by atoms with Crippen LogP contribution in [0.1, 0.15) is 17.5 Å². The summed E-state index contributed by atoms with van der Waals surface area (Å²) in [6.07, 6.45) is 3.62. The molecule has 2 nitrogen and oxygen atoms in total. The van der Waals surface area contributed by atoms with E-state index in [1.165, 1.54) is 24.4 Å². The van der Waals surface area contributed by atoms with Gasteiger partial charge in [0, 0.05) is 24.1 Å². The van der Waals surface area contributed by atoms with Crippen molar-refractivity contribution in [2.75, 3.05) is 5.88 Å². The average molecular weight is 308 g/mol. The van der Waals surface area contributed by atoms with E-state index >= 15 is 0 Å². The van der Waals surface area contributed by atoms with Crippen LogP contribution in [-0.4, -0.2) is 10.9 Å². The maximum absolute atomic E-state index is 13.5. The van der Waals surface area contributed by atoms with Gasteiger partial charge >= 0.3 is 0 Å². The topological polar surface area (TPSA) is 22.1 Å². The predicted molar refractivity (Wildman–Crippen MR) is 77.1 cm³/mol. The van der Waals surface area contributed by atoms with E-state index in [1.54, 1.807) is 12.3 Å². The molecule has 5 heteroatoms. The highest BCUT2D eigenvalue weighted by atomic mass is 35.5. The lowest BCUT2D eigenvalue weighted by Gasteiger charge is -2.07. The number of nitrogens with zero attached hydrogens (tertiary/aromatic N) is 1. The number of rotatable bonds is 4. The minimum atomic E-state index is -0.638. The summed E-state index contributed by atoms with van der Waals surface area (Å²) in [5.74, 6) is 5.34. The maximum atomic E-state index is 13.5. The van der Waals surface area contributed by atoms with E-state index < -0.39 is 11.6 Å². The zero-order chi connectivity index (χ0) is 15.1. The lowest BCUT2D eigenvalue weighted by molar-refractivity contribution is 0.291. The van der Waals surface area contributed by atoms with Gasteiger partial charge in [-0.1, -0.05) is 17.9 Å². The van der Waals surface area contributed by atoms with Crippen LogP contribution in [0, 0.1) is 23.5 Å². The molecule has 1 heterocycles. The Morgan fingerprint density at radius 3 is 2.67 bits per heavy atom. The van der Waals surface area contributed by atoms with Gasteiger partial charge in [0.25, 0.3) is 0 Å². The number of aromatic nitrogens is 1. The summed E-state index contributed by atoms with van der Waals surface area (Å²) >= 11 is 5.53. The van der Waals surface area contributed by atoms with E-state index in [-0.39, 0.29) is 12.2 Å². The van der Waals surface area contributed by atoms with Gasteiger partial charge in [0.2, 0.25) is 0 Å². The van der Waals surface area contributed by atoms with Crippen LogP contribution in [0.25, 0.3) is 0 Å². The Morgan fingerprint density at radius 2 is 1.95 bits per heavy atom. The van der Waals surface area contributed by atoms with E-state index in [2.05, 4.69) is 16.8 Å². The van der Waals surface area contributed by atoms with Gasteiger partial charge in [-0.25, -0.2) is 8.78 Å². The number of pyridine rings is 1. The van der Waals surface area contributed by atoms with Crippen molar-refractivity contribution in [3.05, 3.63) is 59.4 Å². The first-order chi connectivity index (χ1) is 10.2.